The monoisotopic (exact) mass is 374 g/mol. The van der Waals surface area contributed by atoms with Gasteiger partial charge in [-0.1, -0.05) is 32.9 Å². The van der Waals surface area contributed by atoms with E-state index in [1.54, 1.807) is 24.3 Å². The quantitative estimate of drug-likeness (QED) is 0.652. The number of hydrogen-bond acceptors (Lipinski definition) is 4. The van der Waals surface area contributed by atoms with E-state index in [9.17, 15) is 14.4 Å². The van der Waals surface area contributed by atoms with Crippen LogP contribution in [-0.4, -0.2) is 49.6 Å². The third kappa shape index (κ3) is 3.10. The van der Waals surface area contributed by atoms with Crippen LogP contribution in [0.5, 0.6) is 0 Å². The Bertz CT molecular complexity index is 734. The molecule has 0 saturated carbocycles. The predicted octanol–water partition coefficient (Wildman–Crippen LogP) is 2.56. The van der Waals surface area contributed by atoms with Crippen molar-refractivity contribution in [2.75, 3.05) is 6.54 Å². The molecule has 3 amide bonds. The molecule has 140 valence electrons. The van der Waals surface area contributed by atoms with Gasteiger partial charge >= 0.3 is 0 Å². The molecule has 1 N–H and O–H groups in total. The van der Waals surface area contributed by atoms with E-state index in [4.69, 9.17) is 4.43 Å². The van der Waals surface area contributed by atoms with E-state index in [1.807, 2.05) is 0 Å². The van der Waals surface area contributed by atoms with Crippen molar-refractivity contribution in [2.24, 2.45) is 0 Å². The summed E-state index contributed by atoms with van der Waals surface area (Å²) >= 11 is 0. The van der Waals surface area contributed by atoms with Gasteiger partial charge in [0.25, 0.3) is 11.8 Å². The lowest BCUT2D eigenvalue weighted by Crippen LogP contribution is -2.59. The SMILES string of the molecule is CC(C)(C)[Si](C)(C)OC1CNC(=O)C(N2C(=O)c3ccccc3C2=O)C1. The van der Waals surface area contributed by atoms with Crippen molar-refractivity contribution >= 4 is 26.0 Å². The molecule has 0 spiro atoms. The first-order valence-electron chi connectivity index (χ1n) is 8.95. The second kappa shape index (κ2) is 6.31. The van der Waals surface area contributed by atoms with Crippen LogP contribution in [0.4, 0.5) is 0 Å². The maximum Gasteiger partial charge on any atom is 0.262 e. The molecule has 0 aliphatic carbocycles. The Morgan fingerprint density at radius 3 is 2.12 bits per heavy atom. The Morgan fingerprint density at radius 1 is 1.08 bits per heavy atom. The number of piperidine rings is 1. The highest BCUT2D eigenvalue weighted by Crippen LogP contribution is 2.38. The van der Waals surface area contributed by atoms with Crippen molar-refractivity contribution in [2.45, 2.75) is 57.5 Å². The average Bonchev–Trinajstić information content (AvgIpc) is 2.80. The lowest BCUT2D eigenvalue weighted by Gasteiger charge is -2.42. The van der Waals surface area contributed by atoms with Crippen LogP contribution in [0.1, 0.15) is 47.9 Å². The molecule has 1 aromatic carbocycles. The molecule has 2 heterocycles. The number of amides is 3. The van der Waals surface area contributed by atoms with Crippen LogP contribution < -0.4 is 5.32 Å². The summed E-state index contributed by atoms with van der Waals surface area (Å²) in [7, 11) is -2.02. The summed E-state index contributed by atoms with van der Waals surface area (Å²) in [5, 5.41) is 2.85. The molecule has 1 fully saturated rings. The Kier molecular flexibility index (Phi) is 4.56. The van der Waals surface area contributed by atoms with Crippen molar-refractivity contribution in [1.29, 1.82) is 0 Å². The molecule has 2 atom stereocenters. The van der Waals surface area contributed by atoms with E-state index in [0.717, 1.165) is 4.90 Å². The largest absolute Gasteiger partial charge is 0.412 e. The number of rotatable bonds is 3. The third-order valence-electron chi connectivity index (χ3n) is 5.70. The van der Waals surface area contributed by atoms with Crippen LogP contribution in [0.2, 0.25) is 18.1 Å². The van der Waals surface area contributed by atoms with Crippen LogP contribution in [0.3, 0.4) is 0 Å². The Hall–Kier alpha value is -1.99. The van der Waals surface area contributed by atoms with Gasteiger partial charge in [-0.05, 0) is 30.3 Å². The number of nitrogens with one attached hydrogen (secondary N) is 1. The Labute approximate surface area is 155 Å². The van der Waals surface area contributed by atoms with Gasteiger partial charge in [0.15, 0.2) is 8.32 Å². The van der Waals surface area contributed by atoms with Gasteiger partial charge < -0.3 is 9.74 Å². The van der Waals surface area contributed by atoms with Crippen molar-refractivity contribution in [3.05, 3.63) is 35.4 Å². The van der Waals surface area contributed by atoms with Gasteiger partial charge in [-0.3, -0.25) is 19.3 Å². The van der Waals surface area contributed by atoms with Crippen LogP contribution in [0, 0.1) is 0 Å². The van der Waals surface area contributed by atoms with Crippen LogP contribution in [0.25, 0.3) is 0 Å². The molecule has 26 heavy (non-hydrogen) atoms. The molecule has 7 heteroatoms. The molecule has 0 radical (unpaired) electrons. The molecule has 6 nitrogen and oxygen atoms in total. The average molecular weight is 375 g/mol. The number of fused-ring (bicyclic) bond motifs is 1. The van der Waals surface area contributed by atoms with Crippen LogP contribution >= 0.6 is 0 Å². The zero-order chi connectivity index (χ0) is 19.3. The Morgan fingerprint density at radius 2 is 1.62 bits per heavy atom. The molecule has 2 aliphatic rings. The summed E-state index contributed by atoms with van der Waals surface area (Å²) in [5.74, 6) is -1.10. The van der Waals surface area contributed by atoms with Crippen LogP contribution in [0.15, 0.2) is 24.3 Å². The van der Waals surface area contributed by atoms with Gasteiger partial charge in [-0.15, -0.1) is 0 Å². The number of carbonyl (C=O) groups excluding carboxylic acids is 3. The molecule has 1 aromatic rings. The highest BCUT2D eigenvalue weighted by Gasteiger charge is 2.47. The topological polar surface area (TPSA) is 75.7 Å². The van der Waals surface area contributed by atoms with Crippen molar-refractivity contribution in [1.82, 2.24) is 10.2 Å². The number of nitrogens with zero attached hydrogens (tertiary/aromatic N) is 1. The molecule has 1 saturated heterocycles. The molecular formula is C19H26N2O4Si. The van der Waals surface area contributed by atoms with Crippen molar-refractivity contribution in [3.8, 4) is 0 Å². The zero-order valence-corrected chi connectivity index (χ0v) is 17.0. The van der Waals surface area contributed by atoms with E-state index < -0.39 is 26.2 Å². The van der Waals surface area contributed by atoms with E-state index in [0.29, 0.717) is 24.1 Å². The highest BCUT2D eigenvalue weighted by atomic mass is 28.4. The third-order valence-corrected chi connectivity index (χ3v) is 10.2. The van der Waals surface area contributed by atoms with Gasteiger partial charge in [0.2, 0.25) is 5.91 Å². The first kappa shape index (κ1) is 18.8. The minimum absolute atomic E-state index is 0.0411. The van der Waals surface area contributed by atoms with Crippen molar-refractivity contribution < 1.29 is 18.8 Å². The second-order valence-electron chi connectivity index (χ2n) is 8.52. The lowest BCUT2D eigenvalue weighted by atomic mass is 10.0. The molecule has 0 bridgehead atoms. The number of benzene rings is 1. The maximum absolute atomic E-state index is 12.7. The van der Waals surface area contributed by atoms with Crippen LogP contribution in [-0.2, 0) is 9.22 Å². The summed E-state index contributed by atoms with van der Waals surface area (Å²) in [6, 6.07) is 5.86. The van der Waals surface area contributed by atoms with E-state index in [2.05, 4.69) is 39.2 Å². The minimum atomic E-state index is -2.02. The minimum Gasteiger partial charge on any atom is -0.412 e. The number of hydrogen-bond donors (Lipinski definition) is 1. The normalized spacial score (nSPS) is 23.9. The van der Waals surface area contributed by atoms with E-state index in [1.165, 1.54) is 0 Å². The zero-order valence-electron chi connectivity index (χ0n) is 16.0. The van der Waals surface area contributed by atoms with Gasteiger partial charge in [-0.2, -0.15) is 0 Å². The maximum atomic E-state index is 12.7. The molecule has 2 aliphatic heterocycles. The summed E-state index contributed by atoms with van der Waals surface area (Å²) in [6.45, 7) is 11.2. The summed E-state index contributed by atoms with van der Waals surface area (Å²) in [6.07, 6.45) is 0.131. The fraction of sp³-hybridized carbons (Fsp3) is 0.526. The van der Waals surface area contributed by atoms with E-state index in [-0.39, 0.29) is 17.0 Å². The number of imide groups is 1. The molecule has 0 aromatic heterocycles. The van der Waals surface area contributed by atoms with Gasteiger partial charge in [0, 0.05) is 13.0 Å². The second-order valence-corrected chi connectivity index (χ2v) is 13.3. The molecular weight excluding hydrogens is 348 g/mol. The fourth-order valence-corrected chi connectivity index (χ4v) is 4.53. The molecule has 2 unspecified atom stereocenters. The highest BCUT2D eigenvalue weighted by molar-refractivity contribution is 6.74. The lowest BCUT2D eigenvalue weighted by molar-refractivity contribution is -0.128. The molecule has 3 rings (SSSR count). The fourth-order valence-electron chi connectivity index (χ4n) is 3.17. The van der Waals surface area contributed by atoms with Crippen molar-refractivity contribution in [3.63, 3.8) is 0 Å². The standard InChI is InChI=1S/C19H26N2O4Si/c1-19(2,3)26(4,5)25-12-10-15(16(22)20-11-12)21-17(23)13-8-6-7-9-14(13)18(21)24/h6-9,12,15H,10-11H2,1-5H3,(H,20,22). The predicted molar refractivity (Wildman–Crippen MR) is 100 cm³/mol. The van der Waals surface area contributed by atoms with Gasteiger partial charge in [0.05, 0.1) is 17.2 Å². The van der Waals surface area contributed by atoms with Gasteiger partial charge in [0.1, 0.15) is 6.04 Å². The first-order valence-corrected chi connectivity index (χ1v) is 11.9. The summed E-state index contributed by atoms with van der Waals surface area (Å²) in [4.78, 5) is 38.9. The first-order chi connectivity index (χ1) is 12.0. The summed E-state index contributed by atoms with van der Waals surface area (Å²) in [5.41, 5.74) is 0.718. The summed E-state index contributed by atoms with van der Waals surface area (Å²) < 4.78 is 6.40. The smallest absolute Gasteiger partial charge is 0.262 e. The number of carbonyl (C=O) groups is 3. The Balaban J connectivity index is 1.81. The van der Waals surface area contributed by atoms with Gasteiger partial charge in [-0.25, -0.2) is 0 Å². The van der Waals surface area contributed by atoms with E-state index >= 15 is 0 Å².